The van der Waals surface area contributed by atoms with Gasteiger partial charge in [0.1, 0.15) is 0 Å². The standard InChI is InChI=1S/C20H26N4O4S/c1-15(2)24(3)22-20(26)23-29(27,28)18-11-9-16(10-12-18)13-14-21-19(25)17-7-5-4-6-8-17/h4-12,15H,13-14H2,1-3H3,(H,21,25)(H2,22,23,26). The molecule has 2 rings (SSSR count). The van der Waals surface area contributed by atoms with Gasteiger partial charge in [0, 0.05) is 25.2 Å². The quantitative estimate of drug-likeness (QED) is 0.568. The van der Waals surface area contributed by atoms with Crippen molar-refractivity contribution < 1.29 is 18.0 Å². The zero-order valence-electron chi connectivity index (χ0n) is 16.7. The van der Waals surface area contributed by atoms with Crippen LogP contribution in [0.1, 0.15) is 29.8 Å². The third-order valence-electron chi connectivity index (χ3n) is 4.25. The number of benzene rings is 2. The number of hydrogen-bond acceptors (Lipinski definition) is 5. The van der Waals surface area contributed by atoms with Crippen LogP contribution in [0.2, 0.25) is 0 Å². The third-order valence-corrected chi connectivity index (χ3v) is 5.60. The van der Waals surface area contributed by atoms with Crippen molar-refractivity contribution >= 4 is 22.0 Å². The number of nitrogens with zero attached hydrogens (tertiary/aromatic N) is 1. The van der Waals surface area contributed by atoms with Crippen molar-refractivity contribution in [2.24, 2.45) is 0 Å². The maximum absolute atomic E-state index is 12.3. The number of amides is 3. The molecular weight excluding hydrogens is 392 g/mol. The zero-order valence-corrected chi connectivity index (χ0v) is 17.5. The predicted octanol–water partition coefficient (Wildman–Crippen LogP) is 1.90. The van der Waals surface area contributed by atoms with Crippen LogP contribution in [0.3, 0.4) is 0 Å². The molecule has 0 saturated carbocycles. The molecule has 3 N–H and O–H groups in total. The molecule has 0 radical (unpaired) electrons. The fourth-order valence-corrected chi connectivity index (χ4v) is 3.24. The van der Waals surface area contributed by atoms with Gasteiger partial charge in [0.2, 0.25) is 0 Å². The van der Waals surface area contributed by atoms with Gasteiger partial charge in [-0.3, -0.25) is 10.2 Å². The minimum absolute atomic E-state index is 0.0167. The summed E-state index contributed by atoms with van der Waals surface area (Å²) in [5.41, 5.74) is 3.88. The average molecular weight is 419 g/mol. The van der Waals surface area contributed by atoms with Gasteiger partial charge in [-0.25, -0.2) is 22.9 Å². The van der Waals surface area contributed by atoms with E-state index in [1.807, 2.05) is 24.6 Å². The summed E-state index contributed by atoms with van der Waals surface area (Å²) in [6.07, 6.45) is 0.548. The van der Waals surface area contributed by atoms with Crippen LogP contribution < -0.4 is 15.5 Å². The first-order chi connectivity index (χ1) is 13.7. The smallest absolute Gasteiger partial charge is 0.343 e. The molecule has 0 unspecified atom stereocenters. The molecule has 0 atom stereocenters. The molecule has 0 aliphatic carbocycles. The van der Waals surface area contributed by atoms with E-state index < -0.39 is 16.1 Å². The normalized spacial score (nSPS) is 11.3. The molecule has 9 heteroatoms. The molecule has 0 fully saturated rings. The lowest BCUT2D eigenvalue weighted by Crippen LogP contribution is -2.49. The Bertz CT molecular complexity index is 929. The molecule has 0 bridgehead atoms. The highest BCUT2D eigenvalue weighted by molar-refractivity contribution is 7.90. The molecule has 0 aromatic heterocycles. The van der Waals surface area contributed by atoms with Crippen molar-refractivity contribution in [3.8, 4) is 0 Å². The summed E-state index contributed by atoms with van der Waals surface area (Å²) >= 11 is 0. The van der Waals surface area contributed by atoms with Gasteiger partial charge >= 0.3 is 6.03 Å². The van der Waals surface area contributed by atoms with Crippen molar-refractivity contribution in [1.82, 2.24) is 20.5 Å². The van der Waals surface area contributed by atoms with Crippen LogP contribution in [0.4, 0.5) is 4.79 Å². The Labute approximate surface area is 171 Å². The van der Waals surface area contributed by atoms with E-state index in [9.17, 15) is 18.0 Å². The minimum atomic E-state index is -3.98. The Morgan fingerprint density at radius 2 is 1.62 bits per heavy atom. The van der Waals surface area contributed by atoms with Gasteiger partial charge in [-0.2, -0.15) is 0 Å². The van der Waals surface area contributed by atoms with Gasteiger partial charge in [-0.1, -0.05) is 30.3 Å². The SMILES string of the molecule is CC(C)N(C)NC(=O)NS(=O)(=O)c1ccc(CCNC(=O)c2ccccc2)cc1. The third kappa shape index (κ3) is 6.88. The fraction of sp³-hybridized carbons (Fsp3) is 0.300. The molecule has 29 heavy (non-hydrogen) atoms. The summed E-state index contributed by atoms with van der Waals surface area (Å²) < 4.78 is 26.6. The Kier molecular flexibility index (Phi) is 7.74. The maximum Gasteiger partial charge on any atom is 0.343 e. The van der Waals surface area contributed by atoms with Gasteiger partial charge in [-0.15, -0.1) is 0 Å². The highest BCUT2D eigenvalue weighted by atomic mass is 32.2. The zero-order chi connectivity index (χ0) is 21.4. The monoisotopic (exact) mass is 418 g/mol. The van der Waals surface area contributed by atoms with Crippen molar-refractivity contribution in [2.75, 3.05) is 13.6 Å². The summed E-state index contributed by atoms with van der Waals surface area (Å²) in [4.78, 5) is 23.8. The molecule has 0 aliphatic heterocycles. The van der Waals surface area contributed by atoms with E-state index in [0.717, 1.165) is 5.56 Å². The molecule has 0 saturated heterocycles. The van der Waals surface area contributed by atoms with E-state index >= 15 is 0 Å². The van der Waals surface area contributed by atoms with Crippen LogP contribution in [-0.4, -0.2) is 45.0 Å². The first-order valence-corrected chi connectivity index (χ1v) is 10.7. The largest absolute Gasteiger partial charge is 0.352 e. The predicted molar refractivity (Wildman–Crippen MR) is 111 cm³/mol. The van der Waals surface area contributed by atoms with Crippen molar-refractivity contribution in [3.63, 3.8) is 0 Å². The first kappa shape index (κ1) is 22.4. The molecular formula is C20H26N4O4S. The van der Waals surface area contributed by atoms with Crippen LogP contribution in [0.15, 0.2) is 59.5 Å². The van der Waals surface area contributed by atoms with Gasteiger partial charge in [0.25, 0.3) is 15.9 Å². The number of hydrazine groups is 1. The van der Waals surface area contributed by atoms with E-state index in [-0.39, 0.29) is 16.8 Å². The number of nitrogens with one attached hydrogen (secondary N) is 3. The summed E-state index contributed by atoms with van der Waals surface area (Å²) in [5, 5.41) is 4.32. The lowest BCUT2D eigenvalue weighted by molar-refractivity contribution is 0.0954. The number of carbonyl (C=O) groups excluding carboxylic acids is 2. The molecule has 0 heterocycles. The van der Waals surface area contributed by atoms with Gasteiger partial charge < -0.3 is 5.32 Å². The number of carbonyl (C=O) groups is 2. The summed E-state index contributed by atoms with van der Waals surface area (Å²) in [6.45, 7) is 4.13. The summed E-state index contributed by atoms with van der Waals surface area (Å²) in [6, 6.07) is 14.3. The summed E-state index contributed by atoms with van der Waals surface area (Å²) in [5.74, 6) is -0.161. The second kappa shape index (κ2) is 10.0. The lowest BCUT2D eigenvalue weighted by Gasteiger charge is -2.21. The number of urea groups is 1. The number of rotatable bonds is 8. The van der Waals surface area contributed by atoms with Crippen molar-refractivity contribution in [3.05, 3.63) is 65.7 Å². The van der Waals surface area contributed by atoms with Crippen LogP contribution >= 0.6 is 0 Å². The topological polar surface area (TPSA) is 108 Å². The van der Waals surface area contributed by atoms with Crippen LogP contribution in [0.25, 0.3) is 0 Å². The molecule has 0 aliphatic rings. The summed E-state index contributed by atoms with van der Waals surface area (Å²) in [7, 11) is -2.33. The fourth-order valence-electron chi connectivity index (χ4n) is 2.34. The number of sulfonamides is 1. The Balaban J connectivity index is 1.88. The lowest BCUT2D eigenvalue weighted by atomic mass is 10.1. The highest BCUT2D eigenvalue weighted by Gasteiger charge is 2.18. The second-order valence-electron chi connectivity index (χ2n) is 6.77. The van der Waals surface area contributed by atoms with Crippen LogP contribution in [-0.2, 0) is 16.4 Å². The molecule has 156 valence electrons. The van der Waals surface area contributed by atoms with E-state index in [1.165, 1.54) is 17.1 Å². The van der Waals surface area contributed by atoms with E-state index in [1.54, 1.807) is 43.4 Å². The molecule has 3 amide bonds. The van der Waals surface area contributed by atoms with E-state index in [0.29, 0.717) is 18.5 Å². The molecule has 2 aromatic rings. The number of hydrogen-bond donors (Lipinski definition) is 3. The second-order valence-corrected chi connectivity index (χ2v) is 8.45. The van der Waals surface area contributed by atoms with E-state index in [4.69, 9.17) is 0 Å². The Morgan fingerprint density at radius 3 is 2.21 bits per heavy atom. The van der Waals surface area contributed by atoms with Gasteiger partial charge in [-0.05, 0) is 50.1 Å². The highest BCUT2D eigenvalue weighted by Crippen LogP contribution is 2.11. The van der Waals surface area contributed by atoms with Crippen LogP contribution in [0, 0.1) is 0 Å². The Hall–Kier alpha value is -2.91. The molecule has 0 spiro atoms. The van der Waals surface area contributed by atoms with E-state index in [2.05, 4.69) is 10.7 Å². The van der Waals surface area contributed by atoms with Crippen molar-refractivity contribution in [1.29, 1.82) is 0 Å². The average Bonchev–Trinajstić information content (AvgIpc) is 2.68. The van der Waals surface area contributed by atoms with Gasteiger partial charge in [0.15, 0.2) is 0 Å². The minimum Gasteiger partial charge on any atom is -0.352 e. The maximum atomic E-state index is 12.3. The van der Waals surface area contributed by atoms with Crippen molar-refractivity contribution in [2.45, 2.75) is 31.2 Å². The first-order valence-electron chi connectivity index (χ1n) is 9.17. The molecule has 2 aromatic carbocycles. The van der Waals surface area contributed by atoms with Gasteiger partial charge in [0.05, 0.1) is 4.90 Å². The molecule has 8 nitrogen and oxygen atoms in total. The Morgan fingerprint density at radius 1 is 1.00 bits per heavy atom. The van der Waals surface area contributed by atoms with Crippen LogP contribution in [0.5, 0.6) is 0 Å².